The zero-order valence-corrected chi connectivity index (χ0v) is 50.6. The van der Waals surface area contributed by atoms with E-state index in [-0.39, 0.29) is 93.7 Å². The standard InChI is InChI=1S/C24H20F3N3O3.C21H15F3N2O3.C20H13F3N2O4.CH4.Na.H2O/c25-24(26,27)16-8-11-21(18(14-16)23(32)30-12-1-2-13-30)33-17-9-6-15(7-10-17)19-4-3-5-20(29-19)22(28)31;1-12(27)16-11-14(21(22,23)24)7-10-19(16)29-15-8-5-13(6-9-15)17-3-2-4-18(26-17)20(25)28;21-20(22,23)12-6-9-17(14(10-12)19(27)28)29-13-7-4-11(5-8-13)15-2-1-3-16(25-15)18(24)26;;;/h3-11,14H,1-2,12-13H2,(H2,28,31);2-11H,1H3,(H2,25,28);1-10H,(H2,24,26)(H,27,28);1H4;;1H2/q;;;;+1;/p-1. The van der Waals surface area contributed by atoms with Crippen LogP contribution in [0.25, 0.3) is 33.8 Å². The molecule has 0 saturated carbocycles. The molecule has 1 aliphatic rings. The number of carbonyl (C=O) groups excluding carboxylic acids is 5. The van der Waals surface area contributed by atoms with Crippen molar-refractivity contribution in [3.8, 4) is 68.3 Å². The number of nitrogens with two attached hydrogens (primary N) is 3. The van der Waals surface area contributed by atoms with Crippen molar-refractivity contribution in [2.45, 2.75) is 45.7 Å². The van der Waals surface area contributed by atoms with Gasteiger partial charge in [-0.2, -0.15) is 39.5 Å². The Morgan fingerprint density at radius 1 is 0.436 bits per heavy atom. The number of hydrogen-bond donors (Lipinski definition) is 4. The number of hydrogen-bond acceptors (Lipinski definition) is 13. The number of amides is 4. The van der Waals surface area contributed by atoms with Crippen LogP contribution in [-0.4, -0.2) is 78.9 Å². The Kier molecular flexibility index (Phi) is 25.0. The fraction of sp³-hybridized carbons (Fsp3) is 0.136. The first-order valence-electron chi connectivity index (χ1n) is 26.8. The second-order valence-corrected chi connectivity index (χ2v) is 19.7. The summed E-state index contributed by atoms with van der Waals surface area (Å²) in [6, 6.07) is 41.6. The van der Waals surface area contributed by atoms with Crippen LogP contribution in [0.5, 0.6) is 34.5 Å². The van der Waals surface area contributed by atoms with E-state index in [1.54, 1.807) is 97.1 Å². The molecule has 3 aromatic heterocycles. The van der Waals surface area contributed by atoms with Crippen molar-refractivity contribution in [3.63, 3.8) is 0 Å². The molecule has 482 valence electrons. The first-order valence-corrected chi connectivity index (χ1v) is 26.8. The van der Waals surface area contributed by atoms with Crippen molar-refractivity contribution < 1.29 is 123 Å². The molecular formula is C66H53F9N7NaO11. The number of rotatable bonds is 15. The molecule has 94 heavy (non-hydrogen) atoms. The van der Waals surface area contributed by atoms with Crippen molar-refractivity contribution >= 4 is 35.4 Å². The van der Waals surface area contributed by atoms with E-state index < -0.39 is 76.2 Å². The number of ether oxygens (including phenoxy) is 3. The Bertz CT molecular complexity index is 4030. The summed E-state index contributed by atoms with van der Waals surface area (Å²) < 4.78 is 134. The molecule has 1 saturated heterocycles. The van der Waals surface area contributed by atoms with Crippen LogP contribution in [0.3, 0.4) is 0 Å². The Labute approximate surface area is 551 Å². The Morgan fingerprint density at radius 3 is 1.01 bits per heavy atom. The quantitative estimate of drug-likeness (QED) is 0.0422. The monoisotopic (exact) mass is 1310 g/mol. The van der Waals surface area contributed by atoms with Gasteiger partial charge in [0.2, 0.25) is 0 Å². The molecular weight excluding hydrogens is 1260 g/mol. The minimum Gasteiger partial charge on any atom is -0.870 e. The van der Waals surface area contributed by atoms with E-state index in [1.165, 1.54) is 42.2 Å². The van der Waals surface area contributed by atoms with Crippen LogP contribution < -0.4 is 61.0 Å². The molecule has 4 heterocycles. The number of carboxylic acids is 1. The van der Waals surface area contributed by atoms with Gasteiger partial charge in [-0.25, -0.2) is 19.7 Å². The van der Waals surface area contributed by atoms with Crippen LogP contribution >= 0.6 is 0 Å². The number of ketones is 1. The van der Waals surface area contributed by atoms with Crippen LogP contribution in [0.1, 0.15) is 106 Å². The number of carbonyl (C=O) groups is 6. The van der Waals surface area contributed by atoms with Crippen LogP contribution in [0.2, 0.25) is 0 Å². The molecule has 1 aliphatic heterocycles. The fourth-order valence-electron chi connectivity index (χ4n) is 8.75. The maximum Gasteiger partial charge on any atom is 1.00 e. The summed E-state index contributed by atoms with van der Waals surface area (Å²) in [5.74, 6) is -3.84. The fourth-order valence-corrected chi connectivity index (χ4v) is 8.75. The average Bonchev–Trinajstić information content (AvgIpc) is 0.989. The van der Waals surface area contributed by atoms with Gasteiger partial charge >= 0.3 is 54.1 Å². The number of aromatic carboxylic acids is 1. The molecule has 4 amide bonds. The number of nitrogens with zero attached hydrogens (tertiary/aromatic N) is 4. The van der Waals surface area contributed by atoms with E-state index in [0.717, 1.165) is 61.4 Å². The number of aromatic nitrogens is 3. The number of benzene rings is 6. The maximum atomic E-state index is 13.3. The molecule has 8 N–H and O–H groups in total. The average molecular weight is 1310 g/mol. The van der Waals surface area contributed by atoms with Gasteiger partial charge in [0.05, 0.1) is 44.9 Å². The van der Waals surface area contributed by atoms with Crippen LogP contribution in [0.15, 0.2) is 182 Å². The molecule has 9 aromatic rings. The van der Waals surface area contributed by atoms with Crippen molar-refractivity contribution in [1.29, 1.82) is 0 Å². The number of carboxylic acid groups (broad SMARTS) is 1. The van der Waals surface area contributed by atoms with Crippen LogP contribution in [0, 0.1) is 0 Å². The molecule has 1 fully saturated rings. The molecule has 10 rings (SSSR count). The second-order valence-electron chi connectivity index (χ2n) is 19.7. The van der Waals surface area contributed by atoms with E-state index in [1.807, 2.05) is 0 Å². The van der Waals surface area contributed by atoms with E-state index in [4.69, 9.17) is 31.4 Å². The van der Waals surface area contributed by atoms with Gasteiger partial charge < -0.3 is 46.9 Å². The third kappa shape index (κ3) is 19.3. The summed E-state index contributed by atoms with van der Waals surface area (Å²) in [6.07, 6.45) is -12.2. The summed E-state index contributed by atoms with van der Waals surface area (Å²) in [6.45, 7) is 2.17. The third-order valence-electron chi connectivity index (χ3n) is 13.3. The molecule has 28 heteroatoms. The normalized spacial score (nSPS) is 11.7. The Morgan fingerprint density at radius 2 is 0.723 bits per heavy atom. The number of likely N-dealkylation sites (tertiary alicyclic amines) is 1. The summed E-state index contributed by atoms with van der Waals surface area (Å²) in [4.78, 5) is 83.8. The molecule has 0 spiro atoms. The number of alkyl halides is 9. The summed E-state index contributed by atoms with van der Waals surface area (Å²) in [5.41, 5.74) is 15.7. The molecule has 6 aromatic carbocycles. The SMILES string of the molecule is C.CC(=O)c1cc(C(F)(F)F)ccc1Oc1ccc(-c2cccc(C(N)=O)n2)cc1.NC(=O)c1cccc(-c2ccc(Oc3ccc(C(F)(F)F)cc3C(=O)N3CCCC3)cc2)n1.NC(=O)c1cccc(-c2ccc(Oc3ccc(C(F)(F)F)cc3C(=O)O)cc2)n1.[Na+].[OH-]. The van der Waals surface area contributed by atoms with Gasteiger partial charge in [0.25, 0.3) is 23.6 Å². The van der Waals surface area contributed by atoms with Crippen molar-refractivity contribution in [1.82, 2.24) is 19.9 Å². The first kappa shape index (κ1) is 74.2. The summed E-state index contributed by atoms with van der Waals surface area (Å²) in [7, 11) is 0. The molecule has 0 radical (unpaired) electrons. The van der Waals surface area contributed by atoms with E-state index in [2.05, 4.69) is 15.0 Å². The smallest absolute Gasteiger partial charge is 0.870 e. The van der Waals surface area contributed by atoms with E-state index >= 15 is 0 Å². The van der Waals surface area contributed by atoms with E-state index in [0.29, 0.717) is 64.4 Å². The molecule has 0 aliphatic carbocycles. The van der Waals surface area contributed by atoms with Gasteiger partial charge in [-0.3, -0.25) is 24.0 Å². The molecule has 0 unspecified atom stereocenters. The van der Waals surface area contributed by atoms with Gasteiger partial charge in [-0.15, -0.1) is 0 Å². The minimum atomic E-state index is -4.67. The van der Waals surface area contributed by atoms with Crippen molar-refractivity contribution in [2.75, 3.05) is 13.1 Å². The summed E-state index contributed by atoms with van der Waals surface area (Å²) in [5, 5.41) is 9.20. The van der Waals surface area contributed by atoms with Gasteiger partial charge in [0, 0.05) is 29.8 Å². The van der Waals surface area contributed by atoms with Crippen molar-refractivity contribution in [2.24, 2.45) is 17.2 Å². The number of pyridine rings is 3. The molecule has 0 atom stereocenters. The van der Waals surface area contributed by atoms with Gasteiger partial charge in [-0.1, -0.05) is 25.6 Å². The third-order valence-corrected chi connectivity index (χ3v) is 13.3. The number of Topliss-reactive ketones (excluding diaryl/α,β-unsaturated/α-hetero) is 1. The zero-order valence-electron chi connectivity index (χ0n) is 48.6. The van der Waals surface area contributed by atoms with Gasteiger partial charge in [0.1, 0.15) is 57.1 Å². The van der Waals surface area contributed by atoms with Crippen molar-refractivity contribution in [3.05, 3.63) is 232 Å². The predicted molar refractivity (Wildman–Crippen MR) is 320 cm³/mol. The van der Waals surface area contributed by atoms with Crippen LogP contribution in [-0.2, 0) is 18.5 Å². The molecule has 18 nitrogen and oxygen atoms in total. The van der Waals surface area contributed by atoms with Gasteiger partial charge in [-0.05, 0) is 184 Å². The summed E-state index contributed by atoms with van der Waals surface area (Å²) >= 11 is 0. The number of halogens is 9. The number of primary amides is 3. The topological polar surface area (TPSA) is 300 Å². The zero-order chi connectivity index (χ0) is 66.0. The predicted octanol–water partition coefficient (Wildman–Crippen LogP) is 11.6. The van der Waals surface area contributed by atoms with Crippen LogP contribution in [0.4, 0.5) is 39.5 Å². The van der Waals surface area contributed by atoms with Gasteiger partial charge in [0.15, 0.2) is 5.78 Å². The molecule has 0 bridgehead atoms. The maximum absolute atomic E-state index is 13.3. The Hall–Kier alpha value is -10.5. The second kappa shape index (κ2) is 31.7. The Balaban J connectivity index is 0.000000252. The minimum absolute atomic E-state index is 0. The first-order chi connectivity index (χ1) is 43.0. The van der Waals surface area contributed by atoms with E-state index in [9.17, 15) is 73.4 Å². The largest absolute Gasteiger partial charge is 1.00 e.